The van der Waals surface area contributed by atoms with E-state index in [9.17, 15) is 22.4 Å². The van der Waals surface area contributed by atoms with E-state index in [4.69, 9.17) is 4.74 Å². The van der Waals surface area contributed by atoms with Crippen molar-refractivity contribution in [1.29, 1.82) is 0 Å². The molecule has 0 saturated heterocycles. The van der Waals surface area contributed by atoms with Gasteiger partial charge in [-0.25, -0.2) is 12.8 Å². The largest absolute Gasteiger partial charge is 0.497 e. The molecule has 8 nitrogen and oxygen atoms in total. The number of nitrogens with one attached hydrogen (secondary N) is 1. The van der Waals surface area contributed by atoms with Gasteiger partial charge in [-0.3, -0.25) is 13.9 Å². The van der Waals surface area contributed by atoms with Crippen LogP contribution in [0.4, 0.5) is 10.1 Å². The molecule has 208 valence electrons. The van der Waals surface area contributed by atoms with Crippen LogP contribution in [0.5, 0.6) is 5.75 Å². The van der Waals surface area contributed by atoms with Crippen LogP contribution in [0.1, 0.15) is 26.3 Å². The molecule has 0 aromatic heterocycles. The van der Waals surface area contributed by atoms with Crippen LogP contribution in [0.15, 0.2) is 83.8 Å². The van der Waals surface area contributed by atoms with Crippen molar-refractivity contribution in [2.45, 2.75) is 38.3 Å². The fraction of sp³-hybridized carbons (Fsp3) is 0.310. The Morgan fingerprint density at radius 2 is 1.54 bits per heavy atom. The third-order valence-electron chi connectivity index (χ3n) is 6.09. The number of carbonyl (C=O) groups is 2. The van der Waals surface area contributed by atoms with Crippen LogP contribution in [-0.2, 0) is 26.2 Å². The fourth-order valence-electron chi connectivity index (χ4n) is 3.83. The first-order valence-corrected chi connectivity index (χ1v) is 14.0. The predicted molar refractivity (Wildman–Crippen MR) is 148 cm³/mol. The van der Waals surface area contributed by atoms with Gasteiger partial charge in [-0.05, 0) is 66.9 Å². The molecule has 0 aliphatic rings. The SMILES string of the molecule is COc1ccc(S(=O)(=O)N(CC(=O)N(Cc2ccccc2)[C@@H](C)C(=O)NCC(C)C)c2ccc(F)cc2)cc1. The number of hydrogen-bond donors (Lipinski definition) is 1. The molecule has 0 bridgehead atoms. The van der Waals surface area contributed by atoms with Crippen LogP contribution in [0.2, 0.25) is 0 Å². The zero-order chi connectivity index (χ0) is 28.6. The maximum Gasteiger partial charge on any atom is 0.264 e. The Labute approximate surface area is 229 Å². The van der Waals surface area contributed by atoms with Crippen molar-refractivity contribution in [3.05, 3.63) is 90.2 Å². The molecule has 0 heterocycles. The van der Waals surface area contributed by atoms with Crippen LogP contribution >= 0.6 is 0 Å². The van der Waals surface area contributed by atoms with Gasteiger partial charge in [0.2, 0.25) is 11.8 Å². The molecule has 3 aromatic carbocycles. The van der Waals surface area contributed by atoms with Gasteiger partial charge in [-0.2, -0.15) is 0 Å². The lowest BCUT2D eigenvalue weighted by molar-refractivity contribution is -0.139. The lowest BCUT2D eigenvalue weighted by Crippen LogP contribution is -2.51. The topological polar surface area (TPSA) is 96.0 Å². The van der Waals surface area contributed by atoms with Gasteiger partial charge in [-0.1, -0.05) is 44.2 Å². The third kappa shape index (κ3) is 7.79. The molecule has 0 unspecified atom stereocenters. The highest BCUT2D eigenvalue weighted by Gasteiger charge is 2.32. The molecule has 2 amide bonds. The molecule has 39 heavy (non-hydrogen) atoms. The molecule has 0 fully saturated rings. The average Bonchev–Trinajstić information content (AvgIpc) is 2.93. The summed E-state index contributed by atoms with van der Waals surface area (Å²) in [5, 5.41) is 2.84. The van der Waals surface area contributed by atoms with E-state index < -0.39 is 34.3 Å². The maximum absolute atomic E-state index is 13.8. The molecule has 0 radical (unpaired) electrons. The summed E-state index contributed by atoms with van der Waals surface area (Å²) in [5.41, 5.74) is 0.887. The number of benzene rings is 3. The fourth-order valence-corrected chi connectivity index (χ4v) is 5.24. The number of amides is 2. The molecule has 0 aliphatic heterocycles. The minimum atomic E-state index is -4.25. The molecule has 10 heteroatoms. The van der Waals surface area contributed by atoms with Gasteiger partial charge in [0.1, 0.15) is 24.2 Å². The normalized spacial score (nSPS) is 12.1. The first kappa shape index (κ1) is 29.6. The van der Waals surface area contributed by atoms with E-state index in [0.717, 1.165) is 22.0 Å². The van der Waals surface area contributed by atoms with Gasteiger partial charge >= 0.3 is 0 Å². The number of nitrogens with zero attached hydrogens (tertiary/aromatic N) is 2. The van der Waals surface area contributed by atoms with Crippen LogP contribution in [0.25, 0.3) is 0 Å². The Morgan fingerprint density at radius 1 is 0.923 bits per heavy atom. The summed E-state index contributed by atoms with van der Waals surface area (Å²) in [4.78, 5) is 28.1. The Hall–Kier alpha value is -3.92. The number of methoxy groups -OCH3 is 1. The van der Waals surface area contributed by atoms with Crippen LogP contribution in [-0.4, -0.2) is 51.4 Å². The van der Waals surface area contributed by atoms with Gasteiger partial charge in [0.05, 0.1) is 17.7 Å². The summed E-state index contributed by atoms with van der Waals surface area (Å²) < 4.78 is 47.3. The lowest BCUT2D eigenvalue weighted by atomic mass is 10.1. The van der Waals surface area contributed by atoms with Crippen molar-refractivity contribution in [1.82, 2.24) is 10.2 Å². The Balaban J connectivity index is 1.99. The standard InChI is InChI=1S/C29H34FN3O5S/c1-21(2)18-31-29(35)22(3)32(19-23-8-6-5-7-9-23)28(34)20-33(25-12-10-24(30)11-13-25)39(36,37)27-16-14-26(38-4)15-17-27/h5-17,21-22H,18-20H2,1-4H3,(H,31,35)/t22-/m0/s1. The van der Waals surface area contributed by atoms with E-state index >= 15 is 0 Å². The van der Waals surface area contributed by atoms with Gasteiger partial charge in [0.15, 0.2) is 0 Å². The number of hydrogen-bond acceptors (Lipinski definition) is 5. The zero-order valence-electron chi connectivity index (χ0n) is 22.5. The van der Waals surface area contributed by atoms with Gasteiger partial charge in [-0.15, -0.1) is 0 Å². The molecular formula is C29H34FN3O5S. The summed E-state index contributed by atoms with van der Waals surface area (Å²) in [5.74, 6) is -0.809. The highest BCUT2D eigenvalue weighted by Crippen LogP contribution is 2.26. The van der Waals surface area contributed by atoms with E-state index in [1.807, 2.05) is 44.2 Å². The second-order valence-corrected chi connectivity index (χ2v) is 11.3. The number of sulfonamides is 1. The minimum Gasteiger partial charge on any atom is -0.497 e. The first-order valence-electron chi connectivity index (χ1n) is 12.6. The summed E-state index contributed by atoms with van der Waals surface area (Å²) in [6, 6.07) is 18.8. The molecule has 1 N–H and O–H groups in total. The van der Waals surface area contributed by atoms with Crippen molar-refractivity contribution < 1.29 is 27.1 Å². The van der Waals surface area contributed by atoms with E-state index in [0.29, 0.717) is 12.3 Å². The highest BCUT2D eigenvalue weighted by atomic mass is 32.2. The van der Waals surface area contributed by atoms with Crippen LogP contribution < -0.4 is 14.4 Å². The van der Waals surface area contributed by atoms with E-state index in [1.165, 1.54) is 48.4 Å². The average molecular weight is 556 g/mol. The summed E-state index contributed by atoms with van der Waals surface area (Å²) in [7, 11) is -2.79. The second kappa shape index (κ2) is 13.2. The highest BCUT2D eigenvalue weighted by molar-refractivity contribution is 7.92. The van der Waals surface area contributed by atoms with Crippen molar-refractivity contribution >= 4 is 27.5 Å². The van der Waals surface area contributed by atoms with E-state index in [1.54, 1.807) is 6.92 Å². The van der Waals surface area contributed by atoms with E-state index in [-0.39, 0.29) is 29.0 Å². The Bertz CT molecular complexity index is 1350. The quantitative estimate of drug-likeness (QED) is 0.361. The van der Waals surface area contributed by atoms with Crippen LogP contribution in [0.3, 0.4) is 0 Å². The number of rotatable bonds is 12. The van der Waals surface area contributed by atoms with Gasteiger partial charge < -0.3 is 15.0 Å². The summed E-state index contributed by atoms with van der Waals surface area (Å²) in [6.45, 7) is 5.45. The van der Waals surface area contributed by atoms with Gasteiger partial charge in [0.25, 0.3) is 10.0 Å². The number of carbonyl (C=O) groups excluding carboxylic acids is 2. The van der Waals surface area contributed by atoms with Gasteiger partial charge in [0, 0.05) is 13.1 Å². The van der Waals surface area contributed by atoms with Crippen LogP contribution in [0, 0.1) is 11.7 Å². The molecule has 0 aliphatic carbocycles. The first-order chi connectivity index (χ1) is 18.5. The number of halogens is 1. The third-order valence-corrected chi connectivity index (χ3v) is 7.88. The number of anilines is 1. The number of ether oxygens (including phenoxy) is 1. The monoisotopic (exact) mass is 555 g/mol. The Morgan fingerprint density at radius 3 is 2.10 bits per heavy atom. The summed E-state index contributed by atoms with van der Waals surface area (Å²) in [6.07, 6.45) is 0. The van der Waals surface area contributed by atoms with Crippen molar-refractivity contribution in [3.8, 4) is 5.75 Å². The second-order valence-electron chi connectivity index (χ2n) is 9.49. The molecular weight excluding hydrogens is 521 g/mol. The molecule has 0 spiro atoms. The van der Waals surface area contributed by atoms with E-state index in [2.05, 4.69) is 5.32 Å². The zero-order valence-corrected chi connectivity index (χ0v) is 23.3. The molecule has 3 rings (SSSR count). The van der Waals surface area contributed by atoms with Crippen molar-refractivity contribution in [2.75, 3.05) is 24.5 Å². The van der Waals surface area contributed by atoms with Crippen molar-refractivity contribution in [3.63, 3.8) is 0 Å². The Kier molecular flexibility index (Phi) is 10.1. The minimum absolute atomic E-state index is 0.0715. The van der Waals surface area contributed by atoms with Crippen molar-refractivity contribution in [2.24, 2.45) is 5.92 Å². The molecule has 3 aromatic rings. The lowest BCUT2D eigenvalue weighted by Gasteiger charge is -2.32. The molecule has 0 saturated carbocycles. The molecule has 1 atom stereocenters. The summed E-state index contributed by atoms with van der Waals surface area (Å²) >= 11 is 0. The predicted octanol–water partition coefficient (Wildman–Crippen LogP) is 4.22. The smallest absolute Gasteiger partial charge is 0.264 e. The maximum atomic E-state index is 13.8.